The van der Waals surface area contributed by atoms with Gasteiger partial charge in [-0.2, -0.15) is 0 Å². The number of ether oxygens (including phenoxy) is 1. The van der Waals surface area contributed by atoms with Crippen molar-refractivity contribution in [2.24, 2.45) is 11.7 Å². The predicted molar refractivity (Wildman–Crippen MR) is 67.6 cm³/mol. The summed E-state index contributed by atoms with van der Waals surface area (Å²) in [5.74, 6) is 0.406. The number of rotatable bonds is 2. The van der Waals surface area contributed by atoms with E-state index in [0.717, 1.165) is 24.2 Å². The summed E-state index contributed by atoms with van der Waals surface area (Å²) >= 11 is 0. The van der Waals surface area contributed by atoms with Gasteiger partial charge in [0.25, 0.3) is 0 Å². The van der Waals surface area contributed by atoms with Gasteiger partial charge >= 0.3 is 0 Å². The fourth-order valence-electron chi connectivity index (χ4n) is 2.44. The van der Waals surface area contributed by atoms with Crippen molar-refractivity contribution >= 4 is 10.9 Å². The first kappa shape index (κ1) is 10.7. The van der Waals surface area contributed by atoms with E-state index in [2.05, 4.69) is 23.2 Å². The summed E-state index contributed by atoms with van der Waals surface area (Å²) in [6.45, 7) is 1.46. The van der Waals surface area contributed by atoms with Gasteiger partial charge in [0.1, 0.15) is 6.10 Å². The maximum atomic E-state index is 5.77. The molecule has 1 aromatic heterocycles. The van der Waals surface area contributed by atoms with Crippen molar-refractivity contribution < 1.29 is 4.74 Å². The zero-order valence-electron chi connectivity index (χ0n) is 9.67. The Morgan fingerprint density at radius 2 is 2.12 bits per heavy atom. The molecule has 0 radical (unpaired) electrons. The second kappa shape index (κ2) is 4.43. The van der Waals surface area contributed by atoms with Gasteiger partial charge in [0, 0.05) is 17.9 Å². The highest BCUT2D eigenvalue weighted by Crippen LogP contribution is 2.33. The van der Waals surface area contributed by atoms with E-state index < -0.39 is 0 Å². The minimum atomic E-state index is 0.0737. The second-order valence-electron chi connectivity index (χ2n) is 4.50. The van der Waals surface area contributed by atoms with Gasteiger partial charge < -0.3 is 10.5 Å². The molecule has 1 aromatic carbocycles. The molecule has 0 amide bonds. The lowest BCUT2D eigenvalue weighted by Gasteiger charge is -2.16. The van der Waals surface area contributed by atoms with Crippen LogP contribution in [0.1, 0.15) is 18.2 Å². The Labute approximate surface area is 101 Å². The Morgan fingerprint density at radius 3 is 3.00 bits per heavy atom. The first-order valence-corrected chi connectivity index (χ1v) is 6.06. The van der Waals surface area contributed by atoms with Crippen LogP contribution in [0.15, 0.2) is 36.4 Å². The largest absolute Gasteiger partial charge is 0.372 e. The Morgan fingerprint density at radius 1 is 1.24 bits per heavy atom. The van der Waals surface area contributed by atoms with E-state index in [1.54, 1.807) is 0 Å². The van der Waals surface area contributed by atoms with Crippen molar-refractivity contribution in [2.75, 3.05) is 13.2 Å². The standard InChI is InChI=1S/C14H16N2O/c15-9-11-7-8-17-14(11)13-6-5-10-3-1-2-4-12(10)16-13/h1-6,11,14H,7-9,15H2. The van der Waals surface area contributed by atoms with Crippen molar-refractivity contribution in [1.29, 1.82) is 0 Å². The number of benzene rings is 1. The Balaban J connectivity index is 2.00. The molecule has 17 heavy (non-hydrogen) atoms. The topological polar surface area (TPSA) is 48.1 Å². The van der Waals surface area contributed by atoms with E-state index >= 15 is 0 Å². The first-order valence-electron chi connectivity index (χ1n) is 6.06. The maximum absolute atomic E-state index is 5.77. The van der Waals surface area contributed by atoms with Crippen LogP contribution in [0.4, 0.5) is 0 Å². The quantitative estimate of drug-likeness (QED) is 0.857. The fourth-order valence-corrected chi connectivity index (χ4v) is 2.44. The molecular weight excluding hydrogens is 212 g/mol. The van der Waals surface area contributed by atoms with Gasteiger partial charge in [-0.15, -0.1) is 0 Å². The normalized spacial score (nSPS) is 24.3. The van der Waals surface area contributed by atoms with Gasteiger partial charge in [-0.05, 0) is 25.1 Å². The second-order valence-corrected chi connectivity index (χ2v) is 4.50. The van der Waals surface area contributed by atoms with Gasteiger partial charge in [0.15, 0.2) is 0 Å². The molecular formula is C14H16N2O. The van der Waals surface area contributed by atoms with Crippen molar-refractivity contribution in [3.63, 3.8) is 0 Å². The molecule has 0 bridgehead atoms. The summed E-state index contributed by atoms with van der Waals surface area (Å²) in [5.41, 5.74) is 7.80. The molecule has 88 valence electrons. The third-order valence-corrected chi connectivity index (χ3v) is 3.43. The molecule has 2 aromatic rings. The SMILES string of the molecule is NCC1CCOC1c1ccc2ccccc2n1. The molecule has 2 N–H and O–H groups in total. The summed E-state index contributed by atoms with van der Waals surface area (Å²) in [6.07, 6.45) is 1.11. The van der Waals surface area contributed by atoms with Crippen LogP contribution in [0.2, 0.25) is 0 Å². The van der Waals surface area contributed by atoms with Crippen LogP contribution in [0.3, 0.4) is 0 Å². The average Bonchev–Trinajstić information content (AvgIpc) is 2.86. The number of fused-ring (bicyclic) bond motifs is 1. The zero-order chi connectivity index (χ0) is 11.7. The third kappa shape index (κ3) is 1.92. The molecule has 0 aliphatic carbocycles. The van der Waals surface area contributed by atoms with Crippen LogP contribution >= 0.6 is 0 Å². The summed E-state index contributed by atoms with van der Waals surface area (Å²) in [6, 6.07) is 12.3. The van der Waals surface area contributed by atoms with E-state index in [-0.39, 0.29) is 6.10 Å². The van der Waals surface area contributed by atoms with Gasteiger partial charge in [-0.3, -0.25) is 4.98 Å². The summed E-state index contributed by atoms with van der Waals surface area (Å²) < 4.78 is 5.75. The summed E-state index contributed by atoms with van der Waals surface area (Å²) in [4.78, 5) is 4.67. The zero-order valence-corrected chi connectivity index (χ0v) is 9.67. The molecule has 1 saturated heterocycles. The van der Waals surface area contributed by atoms with Crippen LogP contribution in [0.5, 0.6) is 0 Å². The van der Waals surface area contributed by atoms with E-state index in [1.165, 1.54) is 5.39 Å². The molecule has 0 saturated carbocycles. The maximum Gasteiger partial charge on any atom is 0.104 e. The lowest BCUT2D eigenvalue weighted by Crippen LogP contribution is -2.18. The van der Waals surface area contributed by atoms with Crippen molar-refractivity contribution in [2.45, 2.75) is 12.5 Å². The molecule has 3 heteroatoms. The Kier molecular flexibility index (Phi) is 2.79. The molecule has 3 nitrogen and oxygen atoms in total. The molecule has 0 spiro atoms. The van der Waals surface area contributed by atoms with E-state index in [1.807, 2.05) is 18.2 Å². The third-order valence-electron chi connectivity index (χ3n) is 3.43. The minimum absolute atomic E-state index is 0.0737. The van der Waals surface area contributed by atoms with Gasteiger partial charge in [-0.25, -0.2) is 0 Å². The van der Waals surface area contributed by atoms with Crippen molar-refractivity contribution in [3.8, 4) is 0 Å². The smallest absolute Gasteiger partial charge is 0.104 e. The number of nitrogens with zero attached hydrogens (tertiary/aromatic N) is 1. The molecule has 2 atom stereocenters. The monoisotopic (exact) mass is 228 g/mol. The lowest BCUT2D eigenvalue weighted by atomic mass is 9.98. The van der Waals surface area contributed by atoms with Crippen LogP contribution in [-0.4, -0.2) is 18.1 Å². The average molecular weight is 228 g/mol. The lowest BCUT2D eigenvalue weighted by molar-refractivity contribution is 0.0893. The minimum Gasteiger partial charge on any atom is -0.372 e. The highest BCUT2D eigenvalue weighted by Gasteiger charge is 2.29. The van der Waals surface area contributed by atoms with Crippen molar-refractivity contribution in [3.05, 3.63) is 42.1 Å². The highest BCUT2D eigenvalue weighted by atomic mass is 16.5. The molecule has 1 fully saturated rings. The predicted octanol–water partition coefficient (Wildman–Crippen LogP) is 2.27. The van der Waals surface area contributed by atoms with Crippen molar-refractivity contribution in [1.82, 2.24) is 4.98 Å². The summed E-state index contributed by atoms with van der Waals surface area (Å²) in [7, 11) is 0. The highest BCUT2D eigenvalue weighted by molar-refractivity contribution is 5.78. The Hall–Kier alpha value is -1.45. The van der Waals surface area contributed by atoms with Gasteiger partial charge in [0.05, 0.1) is 11.2 Å². The van der Waals surface area contributed by atoms with Crippen LogP contribution in [0.25, 0.3) is 10.9 Å². The van der Waals surface area contributed by atoms with Gasteiger partial charge in [0.2, 0.25) is 0 Å². The number of para-hydroxylation sites is 1. The Bertz CT molecular complexity index is 526. The summed E-state index contributed by atoms with van der Waals surface area (Å²) in [5, 5.41) is 1.17. The van der Waals surface area contributed by atoms with Gasteiger partial charge in [-0.1, -0.05) is 24.3 Å². The number of pyridine rings is 1. The van der Waals surface area contributed by atoms with Crippen LogP contribution < -0.4 is 5.73 Å². The molecule has 2 unspecified atom stereocenters. The number of hydrogen-bond acceptors (Lipinski definition) is 3. The molecule has 1 aliphatic rings. The molecule has 1 aliphatic heterocycles. The fraction of sp³-hybridized carbons (Fsp3) is 0.357. The van der Waals surface area contributed by atoms with E-state index in [4.69, 9.17) is 10.5 Å². The van der Waals surface area contributed by atoms with E-state index in [9.17, 15) is 0 Å². The molecule has 2 heterocycles. The van der Waals surface area contributed by atoms with E-state index in [0.29, 0.717) is 12.5 Å². The van der Waals surface area contributed by atoms with Crippen LogP contribution in [0, 0.1) is 5.92 Å². The molecule has 3 rings (SSSR count). The first-order chi connectivity index (χ1) is 8.38. The van der Waals surface area contributed by atoms with Crippen LogP contribution in [-0.2, 0) is 4.74 Å². The number of aromatic nitrogens is 1. The number of hydrogen-bond donors (Lipinski definition) is 1. The number of nitrogens with two attached hydrogens (primary N) is 1.